The van der Waals surface area contributed by atoms with E-state index in [1.54, 1.807) is 20.2 Å². The first-order valence-corrected chi connectivity index (χ1v) is 11.3. The fraction of sp³-hybridized carbons (Fsp3) is 0.652. The largest absolute Gasteiger partial charge is 0.444 e. The van der Waals surface area contributed by atoms with E-state index in [2.05, 4.69) is 10.2 Å². The number of hydrogen-bond acceptors (Lipinski definition) is 5. The van der Waals surface area contributed by atoms with Gasteiger partial charge in [0.25, 0.3) is 5.91 Å². The Kier molecular flexibility index (Phi) is 5.63. The minimum absolute atomic E-state index is 0.0912. The molecule has 1 aromatic carbocycles. The fourth-order valence-corrected chi connectivity index (χ4v) is 5.09. The summed E-state index contributed by atoms with van der Waals surface area (Å²) in [6.45, 7) is 9.37. The van der Waals surface area contributed by atoms with E-state index in [4.69, 9.17) is 16.3 Å². The first-order chi connectivity index (χ1) is 14.4. The molecule has 0 unspecified atom stereocenters. The second-order valence-corrected chi connectivity index (χ2v) is 11.0. The van der Waals surface area contributed by atoms with Crippen molar-refractivity contribution in [2.45, 2.75) is 51.3 Å². The Balaban J connectivity index is 1.19. The normalized spacial score (nSPS) is 21.2. The summed E-state index contributed by atoms with van der Waals surface area (Å²) in [5, 5.41) is 3.99. The fourth-order valence-electron chi connectivity index (χ4n) is 4.83. The molecule has 3 aliphatic rings. The van der Waals surface area contributed by atoms with Crippen molar-refractivity contribution in [3.63, 3.8) is 0 Å². The Hall–Kier alpha value is -1.99. The zero-order valence-electron chi connectivity index (χ0n) is 19.1. The molecule has 170 valence electrons. The molecule has 0 aromatic heterocycles. The summed E-state index contributed by atoms with van der Waals surface area (Å²) in [7, 11) is 3.44. The molecule has 1 saturated carbocycles. The van der Waals surface area contributed by atoms with Crippen molar-refractivity contribution in [2.75, 3.05) is 45.6 Å². The maximum absolute atomic E-state index is 12.1. The van der Waals surface area contributed by atoms with Crippen LogP contribution < -0.4 is 5.32 Å². The smallest absolute Gasteiger partial charge is 0.410 e. The maximum atomic E-state index is 12.1. The van der Waals surface area contributed by atoms with Gasteiger partial charge in [-0.05, 0) is 51.8 Å². The van der Waals surface area contributed by atoms with E-state index in [1.807, 2.05) is 37.8 Å². The molecule has 0 radical (unpaired) electrons. The Morgan fingerprint density at radius 3 is 2.39 bits per heavy atom. The highest BCUT2D eigenvalue weighted by Gasteiger charge is 2.56. The molecular weight excluding hydrogens is 416 g/mol. The number of nitrogens with one attached hydrogen (secondary N) is 1. The molecule has 31 heavy (non-hydrogen) atoms. The number of likely N-dealkylation sites (tertiary alicyclic amines) is 2. The molecule has 1 aliphatic carbocycles. The Labute approximate surface area is 189 Å². The van der Waals surface area contributed by atoms with Crippen LogP contribution in [0, 0.1) is 5.41 Å². The van der Waals surface area contributed by atoms with Crippen molar-refractivity contribution < 1.29 is 14.3 Å². The number of hydrogen-bond donors (Lipinski definition) is 1. The molecule has 7 nitrogen and oxygen atoms in total. The van der Waals surface area contributed by atoms with Crippen LogP contribution in [0.3, 0.4) is 0 Å². The molecule has 0 bridgehead atoms. The van der Waals surface area contributed by atoms with Gasteiger partial charge in [-0.3, -0.25) is 9.69 Å². The number of halogens is 1. The van der Waals surface area contributed by atoms with Crippen LogP contribution >= 0.6 is 11.6 Å². The number of rotatable bonds is 4. The van der Waals surface area contributed by atoms with E-state index in [0.717, 1.165) is 44.7 Å². The summed E-state index contributed by atoms with van der Waals surface area (Å²) in [6, 6.07) is 6.54. The average Bonchev–Trinajstić information content (AvgIpc) is 2.54. The van der Waals surface area contributed by atoms with Crippen LogP contribution in [0.5, 0.6) is 0 Å². The van der Waals surface area contributed by atoms with E-state index in [1.165, 1.54) is 4.90 Å². The average molecular weight is 449 g/mol. The van der Waals surface area contributed by atoms with Crippen LogP contribution in [0.25, 0.3) is 0 Å². The highest BCUT2D eigenvalue weighted by atomic mass is 35.5. The van der Waals surface area contributed by atoms with Gasteiger partial charge in [0.2, 0.25) is 0 Å². The van der Waals surface area contributed by atoms with Gasteiger partial charge >= 0.3 is 6.09 Å². The van der Waals surface area contributed by atoms with Gasteiger partial charge in [0.1, 0.15) is 5.60 Å². The van der Waals surface area contributed by atoms with E-state index >= 15 is 0 Å². The molecule has 4 rings (SSSR count). The van der Waals surface area contributed by atoms with E-state index in [0.29, 0.717) is 28.1 Å². The summed E-state index contributed by atoms with van der Waals surface area (Å²) in [6.07, 6.45) is 2.13. The third-order valence-corrected chi connectivity index (χ3v) is 6.76. The van der Waals surface area contributed by atoms with Gasteiger partial charge in [-0.2, -0.15) is 0 Å². The minimum Gasteiger partial charge on any atom is -0.444 e. The number of carbonyl (C=O) groups excluding carboxylic acids is 2. The quantitative estimate of drug-likeness (QED) is 0.763. The van der Waals surface area contributed by atoms with Crippen molar-refractivity contribution in [3.8, 4) is 0 Å². The summed E-state index contributed by atoms with van der Waals surface area (Å²) in [4.78, 5) is 30.1. The van der Waals surface area contributed by atoms with Crippen molar-refractivity contribution in [1.82, 2.24) is 14.7 Å². The third-order valence-electron chi connectivity index (χ3n) is 6.44. The molecule has 2 heterocycles. The lowest BCUT2D eigenvalue weighted by Gasteiger charge is -2.62. The van der Waals surface area contributed by atoms with Gasteiger partial charge in [0.05, 0.1) is 16.6 Å². The van der Waals surface area contributed by atoms with Crippen LogP contribution in [0.2, 0.25) is 5.02 Å². The number of nitrogens with zero attached hydrogens (tertiary/aromatic N) is 3. The van der Waals surface area contributed by atoms with Crippen LogP contribution in [0.4, 0.5) is 10.5 Å². The van der Waals surface area contributed by atoms with Gasteiger partial charge in [-0.15, -0.1) is 0 Å². The zero-order valence-corrected chi connectivity index (χ0v) is 19.8. The summed E-state index contributed by atoms with van der Waals surface area (Å²) >= 11 is 6.31. The predicted molar refractivity (Wildman–Crippen MR) is 122 cm³/mol. The SMILES string of the molecule is CN(C)C(=O)c1ccc(NC2CN(C3CC4(C3)CN(C(=O)OC(C)(C)C)C4)C2)cc1Cl. The van der Waals surface area contributed by atoms with Gasteiger partial charge in [-0.1, -0.05) is 11.6 Å². The molecule has 1 aromatic rings. The molecule has 2 saturated heterocycles. The Morgan fingerprint density at radius 1 is 1.19 bits per heavy atom. The minimum atomic E-state index is -0.436. The molecule has 1 spiro atoms. The van der Waals surface area contributed by atoms with Crippen molar-refractivity contribution >= 4 is 29.3 Å². The third kappa shape index (κ3) is 4.62. The lowest BCUT2D eigenvalue weighted by atomic mass is 9.60. The Morgan fingerprint density at radius 2 is 1.84 bits per heavy atom. The molecule has 0 atom stereocenters. The van der Waals surface area contributed by atoms with Gasteiger partial charge in [0, 0.05) is 57.4 Å². The second-order valence-electron chi connectivity index (χ2n) is 10.6. The van der Waals surface area contributed by atoms with E-state index in [-0.39, 0.29) is 12.0 Å². The molecule has 8 heteroatoms. The van der Waals surface area contributed by atoms with Crippen molar-refractivity contribution in [1.29, 1.82) is 0 Å². The van der Waals surface area contributed by atoms with Crippen LogP contribution in [0.1, 0.15) is 44.0 Å². The standard InChI is InChI=1S/C23H33ClN4O3/c1-22(2,3)31-21(30)28-13-23(14-28)9-17(10-23)27-11-16(12-27)25-15-6-7-18(19(24)8-15)20(29)26(4)5/h6-8,16-17,25H,9-14H2,1-5H3. The molecule has 1 N–H and O–H groups in total. The second kappa shape index (κ2) is 7.85. The first kappa shape index (κ1) is 22.2. The van der Waals surface area contributed by atoms with Gasteiger partial charge in [-0.25, -0.2) is 4.79 Å². The maximum Gasteiger partial charge on any atom is 0.410 e. The lowest BCUT2D eigenvalue weighted by molar-refractivity contribution is -0.119. The number of amides is 2. The first-order valence-electron chi connectivity index (χ1n) is 10.9. The number of carbonyl (C=O) groups is 2. The summed E-state index contributed by atoms with van der Waals surface area (Å²) in [5.74, 6) is -0.0912. The Bertz CT molecular complexity index is 862. The topological polar surface area (TPSA) is 65.1 Å². The summed E-state index contributed by atoms with van der Waals surface area (Å²) < 4.78 is 5.46. The highest BCUT2D eigenvalue weighted by molar-refractivity contribution is 6.34. The van der Waals surface area contributed by atoms with Crippen LogP contribution in [-0.2, 0) is 4.74 Å². The van der Waals surface area contributed by atoms with Gasteiger partial charge < -0.3 is 19.9 Å². The van der Waals surface area contributed by atoms with Crippen molar-refractivity contribution in [3.05, 3.63) is 28.8 Å². The number of benzene rings is 1. The number of ether oxygens (including phenoxy) is 1. The summed E-state index contributed by atoms with van der Waals surface area (Å²) in [5.41, 5.74) is 1.34. The van der Waals surface area contributed by atoms with Gasteiger partial charge in [0.15, 0.2) is 0 Å². The molecular formula is C23H33ClN4O3. The van der Waals surface area contributed by atoms with Crippen LogP contribution in [0.15, 0.2) is 18.2 Å². The van der Waals surface area contributed by atoms with E-state index < -0.39 is 5.60 Å². The predicted octanol–water partition coefficient (Wildman–Crippen LogP) is 3.54. The lowest BCUT2D eigenvalue weighted by Crippen LogP contribution is -2.71. The highest BCUT2D eigenvalue weighted by Crippen LogP contribution is 2.51. The molecule has 2 aliphatic heterocycles. The molecule has 2 amide bonds. The molecule has 3 fully saturated rings. The van der Waals surface area contributed by atoms with E-state index in [9.17, 15) is 9.59 Å². The number of anilines is 1. The van der Waals surface area contributed by atoms with Crippen molar-refractivity contribution in [2.24, 2.45) is 5.41 Å². The van der Waals surface area contributed by atoms with Crippen LogP contribution in [-0.4, -0.2) is 84.7 Å². The zero-order chi connectivity index (χ0) is 22.6. The monoisotopic (exact) mass is 448 g/mol.